The van der Waals surface area contributed by atoms with Gasteiger partial charge in [0.05, 0.1) is 18.8 Å². The van der Waals surface area contributed by atoms with Gasteiger partial charge in [-0.25, -0.2) is 0 Å². The van der Waals surface area contributed by atoms with Crippen molar-refractivity contribution in [1.82, 2.24) is 5.32 Å². The molecule has 0 aliphatic carbocycles. The van der Waals surface area contributed by atoms with Crippen LogP contribution in [0.4, 0.5) is 0 Å². The molecular formula is C50H91NO3. The Morgan fingerprint density at radius 3 is 1.19 bits per heavy atom. The maximum atomic E-state index is 12.2. The third-order valence-corrected chi connectivity index (χ3v) is 10.5. The van der Waals surface area contributed by atoms with Gasteiger partial charge in [0.15, 0.2) is 0 Å². The molecule has 2 atom stereocenters. The number of unbranched alkanes of at least 4 members (excludes halogenated alkanes) is 25. The zero-order valence-corrected chi connectivity index (χ0v) is 36.0. The van der Waals surface area contributed by atoms with Crippen molar-refractivity contribution in [3.05, 3.63) is 60.8 Å². The number of allylic oxidation sites excluding steroid dienone is 10. The van der Waals surface area contributed by atoms with E-state index in [1.54, 1.807) is 0 Å². The molecule has 0 radical (unpaired) electrons. The van der Waals surface area contributed by atoms with Crippen LogP contribution in [0.5, 0.6) is 0 Å². The van der Waals surface area contributed by atoms with E-state index in [4.69, 9.17) is 0 Å². The standard InChI is InChI=1S/C50H91NO3/c1-3-5-7-8-9-10-11-12-13-14-15-16-17-18-19-20-21-22-23-24-25-26-27-28-29-30-31-32-33-34-35-36-37-38-39-40-41-42-44-46-50(54)51-48(47-52)49(53)45-43-6-4-2/h5,7,9-10,12-13,15-16,18-19,48-49,52-53H,3-4,6,8,11,14,17,20-47H2,1-2H3,(H,51,54)/b7-5-,10-9-,13-12-,16-15-,19-18-. The van der Waals surface area contributed by atoms with Gasteiger partial charge >= 0.3 is 0 Å². The Labute approximate surface area is 336 Å². The molecule has 0 aromatic heterocycles. The third-order valence-electron chi connectivity index (χ3n) is 10.5. The largest absolute Gasteiger partial charge is 0.394 e. The molecule has 0 fully saturated rings. The van der Waals surface area contributed by atoms with Crippen LogP contribution in [0.15, 0.2) is 60.8 Å². The van der Waals surface area contributed by atoms with Gasteiger partial charge in [-0.2, -0.15) is 0 Å². The molecule has 4 heteroatoms. The van der Waals surface area contributed by atoms with Gasteiger partial charge < -0.3 is 15.5 Å². The number of nitrogens with one attached hydrogen (secondary N) is 1. The molecule has 314 valence electrons. The van der Waals surface area contributed by atoms with Crippen LogP contribution in [-0.2, 0) is 4.79 Å². The van der Waals surface area contributed by atoms with Crippen molar-refractivity contribution in [3.8, 4) is 0 Å². The first-order chi connectivity index (χ1) is 26.7. The van der Waals surface area contributed by atoms with Gasteiger partial charge in [0.1, 0.15) is 0 Å². The number of hydrogen-bond acceptors (Lipinski definition) is 3. The summed E-state index contributed by atoms with van der Waals surface area (Å²) in [7, 11) is 0. The molecule has 0 saturated carbocycles. The van der Waals surface area contributed by atoms with Gasteiger partial charge in [0, 0.05) is 6.42 Å². The third kappa shape index (κ3) is 41.3. The maximum Gasteiger partial charge on any atom is 0.220 e. The molecule has 0 spiro atoms. The van der Waals surface area contributed by atoms with Crippen LogP contribution >= 0.6 is 0 Å². The van der Waals surface area contributed by atoms with E-state index in [0.29, 0.717) is 12.8 Å². The zero-order chi connectivity index (χ0) is 39.3. The summed E-state index contributed by atoms with van der Waals surface area (Å²) in [6, 6.07) is -0.530. The topological polar surface area (TPSA) is 69.6 Å². The van der Waals surface area contributed by atoms with Crippen molar-refractivity contribution in [1.29, 1.82) is 0 Å². The lowest BCUT2D eigenvalue weighted by molar-refractivity contribution is -0.123. The minimum atomic E-state index is -0.654. The van der Waals surface area contributed by atoms with Crippen LogP contribution in [0.25, 0.3) is 0 Å². The molecule has 0 saturated heterocycles. The summed E-state index contributed by atoms with van der Waals surface area (Å²) in [5.74, 6) is -0.0416. The maximum absolute atomic E-state index is 12.2. The normalized spacial score (nSPS) is 13.5. The van der Waals surface area contributed by atoms with E-state index in [0.717, 1.165) is 64.2 Å². The number of rotatable bonds is 42. The van der Waals surface area contributed by atoms with Crippen LogP contribution in [0, 0.1) is 0 Å². The summed E-state index contributed by atoms with van der Waals surface area (Å²) < 4.78 is 0. The highest BCUT2D eigenvalue weighted by atomic mass is 16.3. The van der Waals surface area contributed by atoms with Crippen LogP contribution in [0.1, 0.15) is 232 Å². The smallest absolute Gasteiger partial charge is 0.220 e. The Morgan fingerprint density at radius 1 is 0.463 bits per heavy atom. The Kier molecular flexibility index (Phi) is 43.9. The van der Waals surface area contributed by atoms with Gasteiger partial charge in [0.25, 0.3) is 0 Å². The summed E-state index contributed by atoms with van der Waals surface area (Å²) in [6.45, 7) is 4.10. The van der Waals surface area contributed by atoms with Gasteiger partial charge in [-0.15, -0.1) is 0 Å². The molecule has 0 rings (SSSR count). The second-order valence-corrected chi connectivity index (χ2v) is 15.8. The number of hydrogen-bond donors (Lipinski definition) is 3. The fraction of sp³-hybridized carbons (Fsp3) is 0.780. The van der Waals surface area contributed by atoms with Crippen LogP contribution < -0.4 is 5.32 Å². The highest BCUT2D eigenvalue weighted by Crippen LogP contribution is 2.16. The lowest BCUT2D eigenvalue weighted by atomic mass is 10.0. The van der Waals surface area contributed by atoms with Gasteiger partial charge in [-0.1, -0.05) is 229 Å². The first-order valence-corrected chi connectivity index (χ1v) is 23.5. The monoisotopic (exact) mass is 754 g/mol. The minimum absolute atomic E-state index is 0.0416. The number of aliphatic hydroxyl groups excluding tert-OH is 2. The summed E-state index contributed by atoms with van der Waals surface area (Å²) in [5.41, 5.74) is 0. The fourth-order valence-electron chi connectivity index (χ4n) is 6.98. The second kappa shape index (κ2) is 45.5. The van der Waals surface area contributed by atoms with Crippen LogP contribution in [0.3, 0.4) is 0 Å². The predicted molar refractivity (Wildman–Crippen MR) is 239 cm³/mol. The van der Waals surface area contributed by atoms with Crippen molar-refractivity contribution in [2.24, 2.45) is 0 Å². The number of aliphatic hydroxyl groups is 2. The second-order valence-electron chi connectivity index (χ2n) is 15.8. The predicted octanol–water partition coefficient (Wildman–Crippen LogP) is 14.9. The first kappa shape index (κ1) is 52.1. The van der Waals surface area contributed by atoms with Crippen molar-refractivity contribution >= 4 is 5.91 Å². The molecule has 0 bridgehead atoms. The average Bonchev–Trinajstić information content (AvgIpc) is 3.17. The number of carbonyl (C=O) groups excluding carboxylic acids is 1. The molecule has 1 amide bonds. The highest BCUT2D eigenvalue weighted by Gasteiger charge is 2.19. The SMILES string of the molecule is CC/C=C\C/C=C\C/C=C\C/C=C\C/C=C\CCCCCCCCCCCCCCCCCCCCCCCCCC(=O)NC(CO)C(O)CCCCC. The molecule has 54 heavy (non-hydrogen) atoms. The number of amides is 1. The van der Waals surface area contributed by atoms with Crippen LogP contribution in [-0.4, -0.2) is 34.9 Å². The molecule has 3 N–H and O–H groups in total. The van der Waals surface area contributed by atoms with Crippen molar-refractivity contribution in [2.75, 3.05) is 6.61 Å². The summed E-state index contributed by atoms with van der Waals surface area (Å²) in [6.07, 6.45) is 64.0. The van der Waals surface area contributed by atoms with Crippen molar-refractivity contribution in [3.63, 3.8) is 0 Å². The van der Waals surface area contributed by atoms with E-state index >= 15 is 0 Å². The highest BCUT2D eigenvalue weighted by molar-refractivity contribution is 5.76. The van der Waals surface area contributed by atoms with E-state index in [-0.39, 0.29) is 12.5 Å². The molecule has 0 aliphatic rings. The molecule has 0 aromatic carbocycles. The lowest BCUT2D eigenvalue weighted by Crippen LogP contribution is -2.45. The molecule has 0 aliphatic heterocycles. The Bertz CT molecular complexity index is 904. The summed E-state index contributed by atoms with van der Waals surface area (Å²) >= 11 is 0. The molecule has 2 unspecified atom stereocenters. The fourth-order valence-corrected chi connectivity index (χ4v) is 6.98. The first-order valence-electron chi connectivity index (χ1n) is 23.5. The lowest BCUT2D eigenvalue weighted by Gasteiger charge is -2.22. The van der Waals surface area contributed by atoms with E-state index in [1.807, 2.05) is 0 Å². The summed E-state index contributed by atoms with van der Waals surface area (Å²) in [5, 5.41) is 22.6. The van der Waals surface area contributed by atoms with E-state index in [2.05, 4.69) is 79.9 Å². The molecule has 0 heterocycles. The minimum Gasteiger partial charge on any atom is -0.394 e. The zero-order valence-electron chi connectivity index (χ0n) is 36.0. The van der Waals surface area contributed by atoms with Crippen molar-refractivity contribution in [2.45, 2.75) is 244 Å². The van der Waals surface area contributed by atoms with E-state index in [1.165, 1.54) is 141 Å². The van der Waals surface area contributed by atoms with E-state index in [9.17, 15) is 15.0 Å². The van der Waals surface area contributed by atoms with Gasteiger partial charge in [0.2, 0.25) is 5.91 Å². The van der Waals surface area contributed by atoms with Crippen LogP contribution in [0.2, 0.25) is 0 Å². The molecular weight excluding hydrogens is 663 g/mol. The molecule has 4 nitrogen and oxygen atoms in total. The van der Waals surface area contributed by atoms with Gasteiger partial charge in [-0.05, 0) is 57.8 Å². The molecule has 0 aromatic rings. The number of carbonyl (C=O) groups is 1. The van der Waals surface area contributed by atoms with Crippen molar-refractivity contribution < 1.29 is 15.0 Å². The van der Waals surface area contributed by atoms with E-state index < -0.39 is 12.1 Å². The quantitative estimate of drug-likeness (QED) is 0.0429. The van der Waals surface area contributed by atoms with Gasteiger partial charge in [-0.3, -0.25) is 4.79 Å². The Balaban J connectivity index is 3.31. The Morgan fingerprint density at radius 2 is 0.815 bits per heavy atom. The average molecular weight is 754 g/mol. The summed E-state index contributed by atoms with van der Waals surface area (Å²) in [4.78, 5) is 12.2. The Hall–Kier alpha value is -1.91.